The van der Waals surface area contributed by atoms with Crippen molar-refractivity contribution in [1.82, 2.24) is 10.3 Å². The SMILES string of the molecule is Cc1cc(Cl)c(C(=O)NCc2ccc(C)o2)cn1. The van der Waals surface area contributed by atoms with Gasteiger partial charge in [0.05, 0.1) is 17.1 Å². The van der Waals surface area contributed by atoms with Crippen LogP contribution in [0.1, 0.15) is 27.6 Å². The molecular formula is C13H13ClN2O2. The summed E-state index contributed by atoms with van der Waals surface area (Å²) in [4.78, 5) is 15.9. The Morgan fingerprint density at radius 2 is 2.22 bits per heavy atom. The van der Waals surface area contributed by atoms with Crippen LogP contribution in [0.25, 0.3) is 0 Å². The van der Waals surface area contributed by atoms with E-state index in [1.54, 1.807) is 6.07 Å². The maximum Gasteiger partial charge on any atom is 0.254 e. The fourth-order valence-electron chi connectivity index (χ4n) is 1.54. The van der Waals surface area contributed by atoms with E-state index in [4.69, 9.17) is 16.0 Å². The topological polar surface area (TPSA) is 55.1 Å². The fourth-order valence-corrected chi connectivity index (χ4v) is 1.83. The summed E-state index contributed by atoms with van der Waals surface area (Å²) in [5.41, 5.74) is 1.14. The monoisotopic (exact) mass is 264 g/mol. The minimum absolute atomic E-state index is 0.262. The lowest BCUT2D eigenvalue weighted by molar-refractivity contribution is 0.0947. The molecule has 94 valence electrons. The van der Waals surface area contributed by atoms with Crippen molar-refractivity contribution in [2.24, 2.45) is 0 Å². The Morgan fingerprint density at radius 1 is 1.44 bits per heavy atom. The zero-order valence-electron chi connectivity index (χ0n) is 10.2. The first-order chi connectivity index (χ1) is 8.56. The van der Waals surface area contributed by atoms with Gasteiger partial charge in [-0.3, -0.25) is 9.78 Å². The third-order valence-corrected chi connectivity index (χ3v) is 2.77. The number of hydrogen-bond donors (Lipinski definition) is 1. The van der Waals surface area contributed by atoms with Gasteiger partial charge in [0.15, 0.2) is 0 Å². The van der Waals surface area contributed by atoms with Crippen LogP contribution < -0.4 is 5.32 Å². The van der Waals surface area contributed by atoms with Gasteiger partial charge in [0.1, 0.15) is 11.5 Å². The Kier molecular flexibility index (Phi) is 3.67. The summed E-state index contributed by atoms with van der Waals surface area (Å²) in [6.07, 6.45) is 1.47. The lowest BCUT2D eigenvalue weighted by atomic mass is 10.2. The molecule has 0 bridgehead atoms. The zero-order chi connectivity index (χ0) is 13.1. The quantitative estimate of drug-likeness (QED) is 0.927. The molecule has 2 aromatic rings. The molecule has 0 aliphatic heterocycles. The number of carbonyl (C=O) groups is 1. The minimum Gasteiger partial charge on any atom is -0.465 e. The number of amides is 1. The number of furan rings is 1. The van der Waals surface area contributed by atoms with Gasteiger partial charge < -0.3 is 9.73 Å². The molecular weight excluding hydrogens is 252 g/mol. The molecule has 4 nitrogen and oxygen atoms in total. The Balaban J connectivity index is 2.03. The average molecular weight is 265 g/mol. The van der Waals surface area contributed by atoms with Crippen LogP contribution in [0.15, 0.2) is 28.8 Å². The number of nitrogens with zero attached hydrogens (tertiary/aromatic N) is 1. The second kappa shape index (κ2) is 5.23. The molecule has 2 heterocycles. The largest absolute Gasteiger partial charge is 0.465 e. The third kappa shape index (κ3) is 2.90. The summed E-state index contributed by atoms with van der Waals surface area (Å²) in [7, 11) is 0. The molecule has 0 radical (unpaired) electrons. The van der Waals surface area contributed by atoms with E-state index in [1.807, 2.05) is 26.0 Å². The van der Waals surface area contributed by atoms with Crippen LogP contribution in [-0.4, -0.2) is 10.9 Å². The fraction of sp³-hybridized carbons (Fsp3) is 0.231. The van der Waals surface area contributed by atoms with Crippen LogP contribution in [-0.2, 0) is 6.54 Å². The van der Waals surface area contributed by atoms with Crippen molar-refractivity contribution in [3.8, 4) is 0 Å². The van der Waals surface area contributed by atoms with Gasteiger partial charge in [0, 0.05) is 11.9 Å². The third-order valence-electron chi connectivity index (χ3n) is 2.45. The summed E-state index contributed by atoms with van der Waals surface area (Å²) in [5, 5.41) is 3.13. The lowest BCUT2D eigenvalue weighted by Crippen LogP contribution is -2.23. The van der Waals surface area contributed by atoms with Crippen molar-refractivity contribution in [3.63, 3.8) is 0 Å². The van der Waals surface area contributed by atoms with E-state index in [0.29, 0.717) is 22.9 Å². The van der Waals surface area contributed by atoms with E-state index >= 15 is 0 Å². The van der Waals surface area contributed by atoms with Gasteiger partial charge in [0.25, 0.3) is 5.91 Å². The summed E-state index contributed by atoms with van der Waals surface area (Å²) in [6, 6.07) is 5.33. The van der Waals surface area contributed by atoms with E-state index in [1.165, 1.54) is 6.20 Å². The molecule has 0 aliphatic carbocycles. The highest BCUT2D eigenvalue weighted by atomic mass is 35.5. The van der Waals surface area contributed by atoms with Crippen LogP contribution >= 0.6 is 11.6 Å². The Hall–Kier alpha value is -1.81. The number of aromatic nitrogens is 1. The van der Waals surface area contributed by atoms with Crippen LogP contribution in [0.2, 0.25) is 5.02 Å². The standard InChI is InChI=1S/C13H13ClN2O2/c1-8-5-12(14)11(7-15-8)13(17)16-6-10-4-3-9(2)18-10/h3-5,7H,6H2,1-2H3,(H,16,17). The lowest BCUT2D eigenvalue weighted by Gasteiger charge is -2.05. The predicted octanol–water partition coefficient (Wildman–Crippen LogP) is 2.87. The normalized spacial score (nSPS) is 10.4. The van der Waals surface area contributed by atoms with Gasteiger partial charge >= 0.3 is 0 Å². The first-order valence-corrected chi connectivity index (χ1v) is 5.89. The molecule has 0 saturated heterocycles. The number of hydrogen-bond acceptors (Lipinski definition) is 3. The molecule has 0 saturated carbocycles. The van der Waals surface area contributed by atoms with Crippen LogP contribution in [0.5, 0.6) is 0 Å². The summed E-state index contributed by atoms with van der Waals surface area (Å²) in [5.74, 6) is 1.26. The van der Waals surface area contributed by atoms with Crippen molar-refractivity contribution in [2.75, 3.05) is 0 Å². The zero-order valence-corrected chi connectivity index (χ0v) is 10.9. The number of halogens is 1. The molecule has 0 aliphatic rings. The number of rotatable bonds is 3. The number of aryl methyl sites for hydroxylation is 2. The van der Waals surface area contributed by atoms with Crippen molar-refractivity contribution >= 4 is 17.5 Å². The molecule has 1 amide bonds. The maximum absolute atomic E-state index is 11.9. The van der Waals surface area contributed by atoms with Crippen molar-refractivity contribution < 1.29 is 9.21 Å². The second-order valence-electron chi connectivity index (χ2n) is 4.00. The van der Waals surface area contributed by atoms with E-state index in [0.717, 1.165) is 11.5 Å². The van der Waals surface area contributed by atoms with Gasteiger partial charge in [-0.2, -0.15) is 0 Å². The van der Waals surface area contributed by atoms with Gasteiger partial charge in [0.2, 0.25) is 0 Å². The summed E-state index contributed by atoms with van der Waals surface area (Å²) >= 11 is 5.99. The number of nitrogens with one attached hydrogen (secondary N) is 1. The number of carbonyl (C=O) groups excluding carboxylic acids is 1. The first kappa shape index (κ1) is 12.6. The van der Waals surface area contributed by atoms with Crippen molar-refractivity contribution in [1.29, 1.82) is 0 Å². The highest BCUT2D eigenvalue weighted by molar-refractivity contribution is 6.33. The molecule has 0 aromatic carbocycles. The van der Waals surface area contributed by atoms with E-state index < -0.39 is 0 Å². The Morgan fingerprint density at radius 3 is 2.83 bits per heavy atom. The molecule has 5 heteroatoms. The molecule has 0 unspecified atom stereocenters. The predicted molar refractivity (Wildman–Crippen MR) is 68.6 cm³/mol. The summed E-state index contributed by atoms with van der Waals surface area (Å²) < 4.78 is 5.36. The van der Waals surface area contributed by atoms with Crippen LogP contribution in [0, 0.1) is 13.8 Å². The maximum atomic E-state index is 11.9. The van der Waals surface area contributed by atoms with Crippen molar-refractivity contribution in [2.45, 2.75) is 20.4 Å². The summed E-state index contributed by atoms with van der Waals surface area (Å²) in [6.45, 7) is 4.00. The highest BCUT2D eigenvalue weighted by Gasteiger charge is 2.11. The molecule has 2 rings (SSSR count). The molecule has 0 spiro atoms. The molecule has 0 atom stereocenters. The van der Waals surface area contributed by atoms with E-state index in [2.05, 4.69) is 10.3 Å². The van der Waals surface area contributed by atoms with Crippen molar-refractivity contribution in [3.05, 3.63) is 52.2 Å². The minimum atomic E-state index is -0.262. The molecule has 1 N–H and O–H groups in total. The molecule has 2 aromatic heterocycles. The van der Waals surface area contributed by atoms with Crippen LogP contribution in [0.3, 0.4) is 0 Å². The Labute approximate surface area is 110 Å². The average Bonchev–Trinajstić information content (AvgIpc) is 2.72. The van der Waals surface area contributed by atoms with Gasteiger partial charge in [-0.25, -0.2) is 0 Å². The smallest absolute Gasteiger partial charge is 0.254 e. The van der Waals surface area contributed by atoms with E-state index in [-0.39, 0.29) is 5.91 Å². The van der Waals surface area contributed by atoms with E-state index in [9.17, 15) is 4.79 Å². The highest BCUT2D eigenvalue weighted by Crippen LogP contribution is 2.15. The van der Waals surface area contributed by atoms with Gasteiger partial charge in [-0.15, -0.1) is 0 Å². The molecule has 18 heavy (non-hydrogen) atoms. The van der Waals surface area contributed by atoms with Crippen LogP contribution in [0.4, 0.5) is 0 Å². The van der Waals surface area contributed by atoms with Gasteiger partial charge in [-0.05, 0) is 32.0 Å². The number of pyridine rings is 1. The first-order valence-electron chi connectivity index (χ1n) is 5.52. The Bertz CT molecular complexity index is 578. The molecule has 0 fully saturated rings. The second-order valence-corrected chi connectivity index (χ2v) is 4.41. The van der Waals surface area contributed by atoms with Gasteiger partial charge in [-0.1, -0.05) is 11.6 Å².